The van der Waals surface area contributed by atoms with Gasteiger partial charge in [-0.25, -0.2) is 9.37 Å². The van der Waals surface area contributed by atoms with Crippen molar-refractivity contribution in [3.05, 3.63) is 65.6 Å². The monoisotopic (exact) mass is 395 g/mol. The second-order valence-corrected chi connectivity index (χ2v) is 7.47. The number of nitrogens with one attached hydrogen (secondary N) is 1. The largest absolute Gasteiger partial charge is 0.463 e. The van der Waals surface area contributed by atoms with Crippen molar-refractivity contribution < 1.29 is 18.1 Å². The maximum atomic E-state index is 14.0. The summed E-state index contributed by atoms with van der Waals surface area (Å²) in [6.45, 7) is 0. The highest BCUT2D eigenvalue weighted by molar-refractivity contribution is 7.14. The van der Waals surface area contributed by atoms with Gasteiger partial charge in [-0.2, -0.15) is 0 Å². The van der Waals surface area contributed by atoms with E-state index in [1.807, 2.05) is 11.4 Å². The van der Waals surface area contributed by atoms with Gasteiger partial charge in [0, 0.05) is 11.4 Å². The number of anilines is 1. The Kier molecular flexibility index (Phi) is 3.87. The number of hydrogen-bond donors (Lipinski definition) is 1. The molecule has 1 N–H and O–H groups in total. The van der Waals surface area contributed by atoms with Crippen LogP contribution < -0.4 is 5.32 Å². The number of aromatic nitrogens is 2. The van der Waals surface area contributed by atoms with Crippen LogP contribution in [-0.4, -0.2) is 16.0 Å². The number of rotatable bonds is 5. The zero-order valence-corrected chi connectivity index (χ0v) is 15.3. The van der Waals surface area contributed by atoms with Crippen molar-refractivity contribution in [1.29, 1.82) is 0 Å². The summed E-state index contributed by atoms with van der Waals surface area (Å²) in [5.74, 6) is 0.361. The molecule has 0 bridgehead atoms. The molecule has 0 saturated heterocycles. The molecule has 1 fully saturated rings. The molecule has 1 aliphatic carbocycles. The zero-order chi connectivity index (χ0) is 19.1. The highest BCUT2D eigenvalue weighted by Crippen LogP contribution is 2.49. The van der Waals surface area contributed by atoms with Crippen molar-refractivity contribution in [2.24, 2.45) is 0 Å². The Morgan fingerprint density at radius 1 is 1.18 bits per heavy atom. The molecule has 1 aromatic carbocycles. The van der Waals surface area contributed by atoms with Crippen molar-refractivity contribution in [2.75, 3.05) is 5.32 Å². The van der Waals surface area contributed by atoms with E-state index in [0.717, 1.165) is 0 Å². The van der Waals surface area contributed by atoms with Crippen LogP contribution in [0.15, 0.2) is 63.0 Å². The standard InChI is InChI=1S/C20H14FN3O3S/c21-13-5-2-1-4-12(13)16-10-17(24-27-16)20(7-8-20)18(25)23-19-22-14(11-28-19)15-6-3-9-26-15/h1-6,9-11H,7-8H2,(H,22,23,25). The molecular weight excluding hydrogens is 381 g/mol. The summed E-state index contributed by atoms with van der Waals surface area (Å²) in [5, 5.41) is 9.21. The fourth-order valence-electron chi connectivity index (χ4n) is 3.10. The maximum absolute atomic E-state index is 14.0. The molecule has 0 unspecified atom stereocenters. The van der Waals surface area contributed by atoms with E-state index in [2.05, 4.69) is 15.5 Å². The first-order valence-corrected chi connectivity index (χ1v) is 9.57. The van der Waals surface area contributed by atoms with Crippen LogP contribution in [0, 0.1) is 5.82 Å². The van der Waals surface area contributed by atoms with Crippen LogP contribution in [0.2, 0.25) is 0 Å². The van der Waals surface area contributed by atoms with Gasteiger partial charge in [0.2, 0.25) is 5.91 Å². The van der Waals surface area contributed by atoms with Gasteiger partial charge in [0.15, 0.2) is 16.7 Å². The second-order valence-electron chi connectivity index (χ2n) is 6.61. The third-order valence-corrected chi connectivity index (χ3v) is 5.58. The van der Waals surface area contributed by atoms with Gasteiger partial charge >= 0.3 is 0 Å². The van der Waals surface area contributed by atoms with Crippen LogP contribution in [0.5, 0.6) is 0 Å². The number of furan rings is 1. The van der Waals surface area contributed by atoms with Gasteiger partial charge in [-0.3, -0.25) is 4.79 Å². The summed E-state index contributed by atoms with van der Waals surface area (Å²) >= 11 is 1.32. The van der Waals surface area contributed by atoms with Crippen molar-refractivity contribution in [3.63, 3.8) is 0 Å². The van der Waals surface area contributed by atoms with E-state index in [0.29, 0.717) is 46.4 Å². The van der Waals surface area contributed by atoms with Crippen molar-refractivity contribution in [2.45, 2.75) is 18.3 Å². The zero-order valence-electron chi connectivity index (χ0n) is 14.5. The molecule has 8 heteroatoms. The number of carbonyl (C=O) groups is 1. The van der Waals surface area contributed by atoms with E-state index in [1.54, 1.807) is 36.6 Å². The smallest absolute Gasteiger partial charge is 0.238 e. The summed E-state index contributed by atoms with van der Waals surface area (Å²) in [6.07, 6.45) is 2.88. The van der Waals surface area contributed by atoms with Gasteiger partial charge in [0.25, 0.3) is 0 Å². The Morgan fingerprint density at radius 3 is 2.79 bits per heavy atom. The van der Waals surface area contributed by atoms with Crippen LogP contribution in [0.3, 0.4) is 0 Å². The molecule has 28 heavy (non-hydrogen) atoms. The molecule has 0 atom stereocenters. The molecular formula is C20H14FN3O3S. The SMILES string of the molecule is O=C(Nc1nc(-c2ccco2)cs1)C1(c2cc(-c3ccccc3F)on2)CC1. The fraction of sp³-hybridized carbons (Fsp3) is 0.150. The average molecular weight is 395 g/mol. The highest BCUT2D eigenvalue weighted by atomic mass is 32.1. The predicted molar refractivity (Wildman–Crippen MR) is 101 cm³/mol. The molecule has 3 aromatic heterocycles. The van der Waals surface area contributed by atoms with Crippen molar-refractivity contribution in [1.82, 2.24) is 10.1 Å². The summed E-state index contributed by atoms with van der Waals surface area (Å²) in [4.78, 5) is 17.3. The van der Waals surface area contributed by atoms with Crippen molar-refractivity contribution in [3.8, 4) is 22.8 Å². The van der Waals surface area contributed by atoms with Crippen LogP contribution in [-0.2, 0) is 10.2 Å². The Bertz CT molecular complexity index is 1150. The minimum Gasteiger partial charge on any atom is -0.463 e. The van der Waals surface area contributed by atoms with Crippen molar-refractivity contribution >= 4 is 22.4 Å². The van der Waals surface area contributed by atoms with Gasteiger partial charge in [0.1, 0.15) is 11.5 Å². The molecule has 1 saturated carbocycles. The number of carbonyl (C=O) groups excluding carboxylic acids is 1. The highest BCUT2D eigenvalue weighted by Gasteiger charge is 2.54. The molecule has 0 aliphatic heterocycles. The Labute approximate surface area is 163 Å². The summed E-state index contributed by atoms with van der Waals surface area (Å²) in [6, 6.07) is 11.5. The van der Waals surface area contributed by atoms with Gasteiger partial charge in [0.05, 0.1) is 22.9 Å². The second kappa shape index (κ2) is 6.42. The molecule has 6 nitrogen and oxygen atoms in total. The lowest BCUT2D eigenvalue weighted by atomic mass is 10.0. The van der Waals surface area contributed by atoms with Crippen LogP contribution >= 0.6 is 11.3 Å². The fourth-order valence-corrected chi connectivity index (χ4v) is 3.79. The molecule has 0 spiro atoms. The topological polar surface area (TPSA) is 81.2 Å². The number of hydrogen-bond acceptors (Lipinski definition) is 6. The summed E-state index contributed by atoms with van der Waals surface area (Å²) in [7, 11) is 0. The summed E-state index contributed by atoms with van der Waals surface area (Å²) in [5.41, 5.74) is 0.730. The third-order valence-electron chi connectivity index (χ3n) is 4.82. The lowest BCUT2D eigenvalue weighted by Crippen LogP contribution is -2.28. The minimum atomic E-state index is -0.760. The lowest BCUT2D eigenvalue weighted by molar-refractivity contribution is -0.118. The van der Waals surface area contributed by atoms with Crippen LogP contribution in [0.4, 0.5) is 9.52 Å². The first kappa shape index (κ1) is 16.9. The van der Waals surface area contributed by atoms with E-state index >= 15 is 0 Å². The van der Waals surface area contributed by atoms with E-state index < -0.39 is 11.2 Å². The molecule has 5 rings (SSSR count). The number of nitrogens with zero attached hydrogens (tertiary/aromatic N) is 2. The van der Waals surface area contributed by atoms with E-state index in [-0.39, 0.29) is 5.91 Å². The average Bonchev–Trinajstić information content (AvgIpc) is 3.13. The van der Waals surface area contributed by atoms with Gasteiger partial charge in [-0.05, 0) is 37.1 Å². The van der Waals surface area contributed by atoms with Gasteiger partial charge in [-0.15, -0.1) is 11.3 Å². The van der Waals surface area contributed by atoms with Crippen LogP contribution in [0.25, 0.3) is 22.8 Å². The van der Waals surface area contributed by atoms with Crippen LogP contribution in [0.1, 0.15) is 18.5 Å². The third kappa shape index (κ3) is 2.82. The van der Waals surface area contributed by atoms with Gasteiger partial charge < -0.3 is 14.3 Å². The molecule has 4 aromatic rings. The number of thiazole rings is 1. The minimum absolute atomic E-state index is 0.193. The molecule has 140 valence electrons. The number of benzene rings is 1. The van der Waals surface area contributed by atoms with Gasteiger partial charge in [-0.1, -0.05) is 17.3 Å². The number of halogens is 1. The first-order valence-electron chi connectivity index (χ1n) is 8.69. The quantitative estimate of drug-likeness (QED) is 0.521. The molecule has 1 aliphatic rings. The first-order chi connectivity index (χ1) is 13.7. The normalized spacial score (nSPS) is 14.8. The lowest BCUT2D eigenvalue weighted by Gasteiger charge is -2.10. The number of amides is 1. The summed E-state index contributed by atoms with van der Waals surface area (Å²) < 4.78 is 24.6. The van der Waals surface area contributed by atoms with E-state index in [4.69, 9.17) is 8.94 Å². The molecule has 1 amide bonds. The Balaban J connectivity index is 1.36. The Hall–Kier alpha value is -3.26. The maximum Gasteiger partial charge on any atom is 0.238 e. The Morgan fingerprint density at radius 2 is 2.04 bits per heavy atom. The van der Waals surface area contributed by atoms with E-state index in [9.17, 15) is 9.18 Å². The molecule has 3 heterocycles. The predicted octanol–water partition coefficient (Wildman–Crippen LogP) is 4.87. The van der Waals surface area contributed by atoms with E-state index in [1.165, 1.54) is 17.4 Å². The molecule has 0 radical (unpaired) electrons.